The van der Waals surface area contributed by atoms with Gasteiger partial charge in [0.25, 0.3) is 0 Å². The van der Waals surface area contributed by atoms with Gasteiger partial charge in [-0.05, 0) is 71.5 Å². The number of nitrogens with one attached hydrogen (secondary N) is 1. The molecule has 4 rings (SSSR count). The fourth-order valence-corrected chi connectivity index (χ4v) is 4.79. The summed E-state index contributed by atoms with van der Waals surface area (Å²) >= 11 is 0. The second kappa shape index (κ2) is 6.62. The molecule has 3 aromatic rings. The maximum atomic E-state index is 12.9. The maximum absolute atomic E-state index is 12.9. The molecule has 7 nitrogen and oxygen atoms in total. The van der Waals surface area contributed by atoms with Crippen LogP contribution in [-0.4, -0.2) is 28.6 Å². The first-order chi connectivity index (χ1) is 12.5. The van der Waals surface area contributed by atoms with Crippen LogP contribution in [-0.2, 0) is 16.4 Å². The van der Waals surface area contributed by atoms with Gasteiger partial charge in [-0.25, -0.2) is 17.8 Å². The molecule has 0 radical (unpaired) electrons. The molecule has 1 atom stereocenters. The normalized spacial score (nSPS) is 17.0. The number of hydrogen-bond acceptors (Lipinski definition) is 5. The Hall–Kier alpha value is -2.58. The Balaban J connectivity index is 1.63. The molecule has 1 N–H and O–H groups in total. The highest BCUT2D eigenvalue weighted by Crippen LogP contribution is 2.31. The summed E-state index contributed by atoms with van der Waals surface area (Å²) in [6.45, 7) is 1.84. The molecular weight excluding hydrogens is 350 g/mol. The monoisotopic (exact) mass is 369 g/mol. The summed E-state index contributed by atoms with van der Waals surface area (Å²) in [7, 11) is -3.62. The van der Waals surface area contributed by atoms with Crippen molar-refractivity contribution in [2.24, 2.45) is 0 Å². The summed E-state index contributed by atoms with van der Waals surface area (Å²) in [5.41, 5.74) is 3.82. The van der Waals surface area contributed by atoms with Crippen molar-refractivity contribution < 1.29 is 8.42 Å². The van der Waals surface area contributed by atoms with E-state index < -0.39 is 10.0 Å². The van der Waals surface area contributed by atoms with E-state index in [1.54, 1.807) is 18.2 Å². The molecule has 1 aliphatic rings. The highest BCUT2D eigenvalue weighted by Gasteiger charge is 2.26. The summed E-state index contributed by atoms with van der Waals surface area (Å²) in [6, 6.07) is 12.8. The number of hydrogen-bond donors (Lipinski definition) is 1. The van der Waals surface area contributed by atoms with Crippen molar-refractivity contribution in [3.05, 3.63) is 65.5 Å². The van der Waals surface area contributed by atoms with Crippen LogP contribution in [0.1, 0.15) is 35.6 Å². The summed E-state index contributed by atoms with van der Waals surface area (Å²) in [4.78, 5) is 0.245. The van der Waals surface area contributed by atoms with E-state index in [-0.39, 0.29) is 10.9 Å². The van der Waals surface area contributed by atoms with Gasteiger partial charge in [0, 0.05) is 6.04 Å². The Labute approximate surface area is 152 Å². The summed E-state index contributed by atoms with van der Waals surface area (Å²) in [6.07, 6.45) is 4.25. The Morgan fingerprint density at radius 3 is 2.81 bits per heavy atom. The summed E-state index contributed by atoms with van der Waals surface area (Å²) in [5.74, 6) is 0. The third kappa shape index (κ3) is 3.13. The fourth-order valence-electron chi connectivity index (χ4n) is 3.46. The van der Waals surface area contributed by atoms with Crippen molar-refractivity contribution in [1.82, 2.24) is 24.9 Å². The molecule has 0 unspecified atom stereocenters. The zero-order chi connectivity index (χ0) is 18.1. The highest BCUT2D eigenvalue weighted by molar-refractivity contribution is 7.89. The third-order valence-electron chi connectivity index (χ3n) is 4.74. The van der Waals surface area contributed by atoms with E-state index in [9.17, 15) is 8.42 Å². The van der Waals surface area contributed by atoms with Crippen molar-refractivity contribution in [2.45, 2.75) is 37.1 Å². The Kier molecular flexibility index (Phi) is 4.29. The van der Waals surface area contributed by atoms with Crippen LogP contribution in [0.15, 0.2) is 53.7 Å². The van der Waals surface area contributed by atoms with Gasteiger partial charge in [-0.15, -0.1) is 5.10 Å². The summed E-state index contributed by atoms with van der Waals surface area (Å²) in [5, 5.41) is 11.1. The molecule has 0 bridgehead atoms. The number of fused-ring (bicyclic) bond motifs is 1. The van der Waals surface area contributed by atoms with Crippen LogP contribution in [0.3, 0.4) is 0 Å². The van der Waals surface area contributed by atoms with Gasteiger partial charge in [-0.3, -0.25) is 0 Å². The van der Waals surface area contributed by atoms with Crippen LogP contribution in [0, 0.1) is 6.92 Å². The number of sulfonamides is 1. The van der Waals surface area contributed by atoms with E-state index in [0.717, 1.165) is 36.1 Å². The molecule has 0 amide bonds. The van der Waals surface area contributed by atoms with E-state index >= 15 is 0 Å². The van der Waals surface area contributed by atoms with Gasteiger partial charge in [-0.2, -0.15) is 0 Å². The average Bonchev–Trinajstić information content (AvgIpc) is 3.16. The molecule has 1 aliphatic carbocycles. The molecule has 1 aromatic heterocycles. The minimum Gasteiger partial charge on any atom is -0.207 e. The van der Waals surface area contributed by atoms with Crippen LogP contribution in [0.5, 0.6) is 0 Å². The lowest BCUT2D eigenvalue weighted by Gasteiger charge is -2.26. The van der Waals surface area contributed by atoms with Gasteiger partial charge in [0.05, 0.1) is 10.6 Å². The number of aromatic nitrogens is 4. The molecule has 0 saturated heterocycles. The standard InChI is InChI=1S/C18H19N5O2S/c1-13-11-15(9-10-18(13)23-12-19-21-22-23)26(24,25)20-17-8-4-6-14-5-2-3-7-16(14)17/h2-3,5,7,9-12,17,20H,4,6,8H2,1H3/t17-/m0/s1. The molecule has 1 heterocycles. The maximum Gasteiger partial charge on any atom is 0.241 e. The van der Waals surface area contributed by atoms with Crippen molar-refractivity contribution in [3.63, 3.8) is 0 Å². The lowest BCUT2D eigenvalue weighted by Crippen LogP contribution is -2.31. The molecule has 2 aromatic carbocycles. The Morgan fingerprint density at radius 1 is 1.19 bits per heavy atom. The smallest absolute Gasteiger partial charge is 0.207 e. The molecular formula is C18H19N5O2S. The fraction of sp³-hybridized carbons (Fsp3) is 0.278. The van der Waals surface area contributed by atoms with Crippen molar-refractivity contribution in [1.29, 1.82) is 0 Å². The van der Waals surface area contributed by atoms with Crippen molar-refractivity contribution in [2.75, 3.05) is 0 Å². The van der Waals surface area contributed by atoms with Gasteiger partial charge in [0.1, 0.15) is 6.33 Å². The average molecular weight is 369 g/mol. The Bertz CT molecular complexity index is 1030. The minimum absolute atomic E-state index is 0.190. The quantitative estimate of drug-likeness (QED) is 0.762. The second-order valence-electron chi connectivity index (χ2n) is 6.47. The van der Waals surface area contributed by atoms with E-state index in [1.165, 1.54) is 16.6 Å². The van der Waals surface area contributed by atoms with Crippen LogP contribution in [0.25, 0.3) is 5.69 Å². The first-order valence-electron chi connectivity index (χ1n) is 8.49. The van der Waals surface area contributed by atoms with E-state index in [4.69, 9.17) is 0 Å². The SMILES string of the molecule is Cc1cc(S(=O)(=O)N[C@H]2CCCc3ccccc32)ccc1-n1cnnn1. The number of tetrazole rings is 1. The van der Waals surface area contributed by atoms with E-state index in [0.29, 0.717) is 0 Å². The highest BCUT2D eigenvalue weighted by atomic mass is 32.2. The zero-order valence-corrected chi connectivity index (χ0v) is 15.1. The second-order valence-corrected chi connectivity index (χ2v) is 8.18. The number of rotatable bonds is 4. The first-order valence-corrected chi connectivity index (χ1v) is 9.97. The molecule has 0 saturated carbocycles. The lowest BCUT2D eigenvalue weighted by molar-refractivity contribution is 0.507. The molecule has 0 spiro atoms. The number of aryl methyl sites for hydroxylation is 2. The van der Waals surface area contributed by atoms with Gasteiger partial charge in [0.2, 0.25) is 10.0 Å². The van der Waals surface area contributed by atoms with E-state index in [1.807, 2.05) is 25.1 Å². The largest absolute Gasteiger partial charge is 0.241 e. The van der Waals surface area contributed by atoms with Crippen LogP contribution in [0.4, 0.5) is 0 Å². The zero-order valence-electron chi connectivity index (χ0n) is 14.3. The first kappa shape index (κ1) is 16.9. The van der Waals surface area contributed by atoms with Crippen LogP contribution >= 0.6 is 0 Å². The minimum atomic E-state index is -3.62. The third-order valence-corrected chi connectivity index (χ3v) is 6.21. The van der Waals surface area contributed by atoms with Gasteiger partial charge in [-0.1, -0.05) is 24.3 Å². The number of nitrogens with zero attached hydrogens (tertiary/aromatic N) is 4. The van der Waals surface area contributed by atoms with Gasteiger partial charge in [0.15, 0.2) is 0 Å². The van der Waals surface area contributed by atoms with Gasteiger partial charge < -0.3 is 0 Å². The molecule has 8 heteroatoms. The molecule has 26 heavy (non-hydrogen) atoms. The molecule has 134 valence electrons. The predicted molar refractivity (Wildman–Crippen MR) is 96.3 cm³/mol. The number of benzene rings is 2. The van der Waals surface area contributed by atoms with E-state index in [2.05, 4.69) is 26.3 Å². The van der Waals surface area contributed by atoms with Crippen LogP contribution < -0.4 is 4.72 Å². The predicted octanol–water partition coefficient (Wildman–Crippen LogP) is 2.33. The Morgan fingerprint density at radius 2 is 2.04 bits per heavy atom. The van der Waals surface area contributed by atoms with Gasteiger partial charge >= 0.3 is 0 Å². The molecule has 0 fully saturated rings. The lowest BCUT2D eigenvalue weighted by atomic mass is 9.88. The topological polar surface area (TPSA) is 89.8 Å². The molecule has 0 aliphatic heterocycles. The summed E-state index contributed by atoms with van der Waals surface area (Å²) < 4.78 is 30.2. The van der Waals surface area contributed by atoms with Crippen LogP contribution in [0.2, 0.25) is 0 Å². The van der Waals surface area contributed by atoms with Crippen molar-refractivity contribution >= 4 is 10.0 Å². The van der Waals surface area contributed by atoms with Crippen molar-refractivity contribution in [3.8, 4) is 5.69 Å².